The Morgan fingerprint density at radius 3 is 2.64 bits per heavy atom. The normalized spacial score (nSPS) is 18.2. The van der Waals surface area contributed by atoms with E-state index in [1.807, 2.05) is 50.2 Å². The first-order valence-electron chi connectivity index (χ1n) is 12.1. The van der Waals surface area contributed by atoms with Gasteiger partial charge in [0.15, 0.2) is 5.17 Å². The summed E-state index contributed by atoms with van der Waals surface area (Å²) in [6.45, 7) is 5.83. The maximum atomic E-state index is 13.2. The zero-order chi connectivity index (χ0) is 25.7. The number of benzene rings is 1. The van der Waals surface area contributed by atoms with Gasteiger partial charge in [0.25, 0.3) is 11.8 Å². The lowest BCUT2D eigenvalue weighted by Crippen LogP contribution is -2.40. The summed E-state index contributed by atoms with van der Waals surface area (Å²) in [7, 11) is 0. The van der Waals surface area contributed by atoms with E-state index in [2.05, 4.69) is 10.3 Å². The molecule has 1 aromatic carbocycles. The number of rotatable bonds is 8. The largest absolute Gasteiger partial charge is 0.494 e. The third-order valence-corrected chi connectivity index (χ3v) is 7.36. The molecule has 4 rings (SSSR count). The monoisotopic (exact) mass is 509 g/mol. The van der Waals surface area contributed by atoms with Gasteiger partial charge in [0.2, 0.25) is 5.91 Å². The molecule has 1 aromatic heterocycles. The molecule has 10 heteroatoms. The summed E-state index contributed by atoms with van der Waals surface area (Å²) >= 11 is 1.14. The first kappa shape index (κ1) is 25.7. The number of aliphatic imine (C=N–C) groups is 1. The van der Waals surface area contributed by atoms with Crippen LogP contribution in [0.1, 0.15) is 59.4 Å². The van der Waals surface area contributed by atoms with Crippen molar-refractivity contribution in [3.8, 4) is 5.75 Å². The Morgan fingerprint density at radius 1 is 1.19 bits per heavy atom. The average Bonchev–Trinajstić information content (AvgIpc) is 3.19. The summed E-state index contributed by atoms with van der Waals surface area (Å²) in [5, 5.41) is 2.70. The number of likely N-dealkylation sites (tertiary alicyclic amines) is 1. The number of amides is 3. The van der Waals surface area contributed by atoms with Gasteiger partial charge in [-0.05, 0) is 44.9 Å². The second-order valence-corrected chi connectivity index (χ2v) is 10.1. The predicted octanol–water partition coefficient (Wildman–Crippen LogP) is 2.77. The summed E-state index contributed by atoms with van der Waals surface area (Å²) in [5.74, 6) is 0.214. The third kappa shape index (κ3) is 6.04. The van der Waals surface area contributed by atoms with Crippen LogP contribution in [0.4, 0.5) is 0 Å². The summed E-state index contributed by atoms with van der Waals surface area (Å²) in [4.78, 5) is 48.0. The first-order valence-corrected chi connectivity index (χ1v) is 13.0. The highest BCUT2D eigenvalue weighted by atomic mass is 32.2. The number of hydrogen-bond donors (Lipinski definition) is 2. The molecule has 0 aliphatic carbocycles. The molecule has 3 heterocycles. The summed E-state index contributed by atoms with van der Waals surface area (Å²) in [6.07, 6.45) is 1.48. The maximum absolute atomic E-state index is 13.2. The van der Waals surface area contributed by atoms with Crippen LogP contribution in [0.5, 0.6) is 5.75 Å². The fourth-order valence-electron chi connectivity index (χ4n) is 4.52. The van der Waals surface area contributed by atoms with Gasteiger partial charge in [0, 0.05) is 43.2 Å². The summed E-state index contributed by atoms with van der Waals surface area (Å²) < 4.78 is 5.66. The molecular weight excluding hydrogens is 478 g/mol. The lowest BCUT2D eigenvalue weighted by molar-refractivity contribution is -0.133. The molecule has 0 spiro atoms. The first-order chi connectivity index (χ1) is 17.4. The van der Waals surface area contributed by atoms with Crippen LogP contribution >= 0.6 is 11.8 Å². The number of thioether (sulfide) groups is 1. The number of nitrogens with two attached hydrogens (primary N) is 1. The predicted molar refractivity (Wildman–Crippen MR) is 139 cm³/mol. The van der Waals surface area contributed by atoms with E-state index in [-0.39, 0.29) is 35.2 Å². The Balaban J connectivity index is 1.38. The van der Waals surface area contributed by atoms with E-state index in [1.165, 1.54) is 0 Å². The number of carbonyl (C=O) groups is 3. The number of piperidine rings is 1. The van der Waals surface area contributed by atoms with E-state index in [0.717, 1.165) is 34.5 Å². The number of pyridine rings is 1. The van der Waals surface area contributed by atoms with Crippen molar-refractivity contribution in [2.45, 2.75) is 50.8 Å². The van der Waals surface area contributed by atoms with Crippen LogP contribution in [0.3, 0.4) is 0 Å². The van der Waals surface area contributed by atoms with Crippen LogP contribution in [0.15, 0.2) is 41.4 Å². The number of ether oxygens (including phenoxy) is 1. The number of aromatic nitrogens is 1. The Labute approximate surface area is 214 Å². The fraction of sp³-hybridized carbons (Fsp3) is 0.423. The van der Waals surface area contributed by atoms with Crippen molar-refractivity contribution < 1.29 is 19.1 Å². The molecule has 36 heavy (non-hydrogen) atoms. The summed E-state index contributed by atoms with van der Waals surface area (Å²) in [6, 6.07) is 11.3. The maximum Gasteiger partial charge on any atom is 0.262 e. The Bertz CT molecular complexity index is 1180. The van der Waals surface area contributed by atoms with E-state index < -0.39 is 5.25 Å². The van der Waals surface area contributed by atoms with Crippen molar-refractivity contribution in [3.05, 3.63) is 58.9 Å². The molecule has 1 unspecified atom stereocenters. The topological polar surface area (TPSA) is 127 Å². The number of amidine groups is 1. The highest BCUT2D eigenvalue weighted by molar-refractivity contribution is 8.15. The SMILES string of the molecule is CCOc1ccccc1CNC(=O)c1ccc(C)nc1C1CCN(C(=O)CC2SC(N)=NC2=O)CC1. The molecule has 1 fully saturated rings. The van der Waals surface area contributed by atoms with Gasteiger partial charge in [-0.3, -0.25) is 19.4 Å². The Kier molecular flexibility index (Phi) is 8.25. The number of carbonyl (C=O) groups excluding carboxylic acids is 3. The van der Waals surface area contributed by atoms with Crippen LogP contribution in [0.25, 0.3) is 0 Å². The molecule has 9 nitrogen and oxygen atoms in total. The van der Waals surface area contributed by atoms with Crippen LogP contribution < -0.4 is 15.8 Å². The fourth-order valence-corrected chi connectivity index (χ4v) is 5.33. The number of aryl methyl sites for hydroxylation is 1. The standard InChI is InChI=1S/C26H31N5O4S/c1-3-35-20-7-5-4-6-18(20)15-28-24(33)19-9-8-16(2)29-23(19)17-10-12-31(13-11-17)22(32)14-21-25(34)30-26(27)36-21/h4-9,17,21H,3,10-15H2,1-2H3,(H,28,33)(H2,27,30,34). The molecule has 0 radical (unpaired) electrons. The van der Waals surface area contributed by atoms with Crippen molar-refractivity contribution in [2.24, 2.45) is 10.7 Å². The van der Waals surface area contributed by atoms with Crippen molar-refractivity contribution in [3.63, 3.8) is 0 Å². The number of nitrogens with zero attached hydrogens (tertiary/aromatic N) is 3. The molecule has 190 valence electrons. The number of para-hydroxylation sites is 1. The molecule has 2 aliphatic rings. The van der Waals surface area contributed by atoms with E-state index in [0.29, 0.717) is 44.6 Å². The minimum absolute atomic E-state index is 0.0619. The lowest BCUT2D eigenvalue weighted by Gasteiger charge is -2.33. The second kappa shape index (κ2) is 11.6. The molecule has 0 saturated carbocycles. The van der Waals surface area contributed by atoms with Gasteiger partial charge in [-0.25, -0.2) is 0 Å². The van der Waals surface area contributed by atoms with Gasteiger partial charge < -0.3 is 20.7 Å². The van der Waals surface area contributed by atoms with Crippen molar-refractivity contribution >= 4 is 34.7 Å². The van der Waals surface area contributed by atoms with E-state index >= 15 is 0 Å². The average molecular weight is 510 g/mol. The smallest absolute Gasteiger partial charge is 0.262 e. The molecule has 3 N–H and O–H groups in total. The lowest BCUT2D eigenvalue weighted by atomic mass is 9.89. The minimum Gasteiger partial charge on any atom is -0.494 e. The molecule has 2 aromatic rings. The van der Waals surface area contributed by atoms with Crippen molar-refractivity contribution in [2.75, 3.05) is 19.7 Å². The van der Waals surface area contributed by atoms with Crippen molar-refractivity contribution in [1.82, 2.24) is 15.2 Å². The molecule has 3 amide bonds. The Morgan fingerprint density at radius 2 is 1.94 bits per heavy atom. The van der Waals surface area contributed by atoms with E-state index in [4.69, 9.17) is 15.5 Å². The molecule has 2 aliphatic heterocycles. The molecule has 1 saturated heterocycles. The highest BCUT2D eigenvalue weighted by Gasteiger charge is 2.33. The number of hydrogen-bond acceptors (Lipinski definition) is 7. The third-order valence-electron chi connectivity index (χ3n) is 6.37. The molecular formula is C26H31N5O4S. The van der Waals surface area contributed by atoms with Gasteiger partial charge in [0.1, 0.15) is 11.0 Å². The second-order valence-electron chi connectivity index (χ2n) is 8.86. The number of nitrogens with one attached hydrogen (secondary N) is 1. The van der Waals surface area contributed by atoms with Gasteiger partial charge >= 0.3 is 0 Å². The minimum atomic E-state index is -0.531. The molecule has 1 atom stereocenters. The van der Waals surface area contributed by atoms with E-state index in [1.54, 1.807) is 4.90 Å². The zero-order valence-electron chi connectivity index (χ0n) is 20.5. The van der Waals surface area contributed by atoms with Crippen molar-refractivity contribution in [1.29, 1.82) is 0 Å². The van der Waals surface area contributed by atoms with Crippen LogP contribution in [0, 0.1) is 6.92 Å². The summed E-state index contributed by atoms with van der Waals surface area (Å²) in [5.41, 5.74) is 8.67. The van der Waals surface area contributed by atoms with Gasteiger partial charge in [0.05, 0.1) is 17.9 Å². The van der Waals surface area contributed by atoms with Gasteiger partial charge in [-0.2, -0.15) is 4.99 Å². The van der Waals surface area contributed by atoms with Crippen LogP contribution in [-0.2, 0) is 16.1 Å². The highest BCUT2D eigenvalue weighted by Crippen LogP contribution is 2.31. The Hall–Kier alpha value is -3.40. The van der Waals surface area contributed by atoms with Gasteiger partial charge in [-0.1, -0.05) is 30.0 Å². The quantitative estimate of drug-likeness (QED) is 0.560. The van der Waals surface area contributed by atoms with Crippen LogP contribution in [0.2, 0.25) is 0 Å². The van der Waals surface area contributed by atoms with Gasteiger partial charge in [-0.15, -0.1) is 0 Å². The van der Waals surface area contributed by atoms with E-state index in [9.17, 15) is 14.4 Å². The zero-order valence-corrected chi connectivity index (χ0v) is 21.3. The van der Waals surface area contributed by atoms with Crippen LogP contribution in [-0.4, -0.2) is 57.7 Å². The molecule has 0 bridgehead atoms.